The summed E-state index contributed by atoms with van der Waals surface area (Å²) in [7, 11) is 0. The van der Waals surface area contributed by atoms with E-state index in [1.54, 1.807) is 23.5 Å². The molecule has 8 heteroatoms. The first-order valence-electron chi connectivity index (χ1n) is 4.86. The van der Waals surface area contributed by atoms with E-state index in [1.165, 1.54) is 0 Å². The Morgan fingerprint density at radius 2 is 2.24 bits per heavy atom. The molecule has 1 N–H and O–H groups in total. The Kier molecular flexibility index (Phi) is 4.25. The van der Waals surface area contributed by atoms with Crippen LogP contribution in [0.2, 0.25) is 0 Å². The van der Waals surface area contributed by atoms with E-state index in [2.05, 4.69) is 15.4 Å². The Balaban J connectivity index is 0.00000108. The number of Topliss-reactive ketones (excluding diaryl/α,β-unsaturated/α-hetero) is 1. The van der Waals surface area contributed by atoms with Crippen molar-refractivity contribution in [3.05, 3.63) is 11.3 Å². The minimum atomic E-state index is 0. The van der Waals surface area contributed by atoms with E-state index in [0.29, 0.717) is 24.0 Å². The summed E-state index contributed by atoms with van der Waals surface area (Å²) in [5, 5.41) is 2.72. The van der Waals surface area contributed by atoms with Crippen molar-refractivity contribution in [1.82, 2.24) is 10.4 Å². The summed E-state index contributed by atoms with van der Waals surface area (Å²) in [5.74, 6) is 2.18. The summed E-state index contributed by atoms with van der Waals surface area (Å²) in [6.45, 7) is 0.709. The van der Waals surface area contributed by atoms with Gasteiger partial charge in [-0.3, -0.25) is 10.2 Å². The molecule has 3 rings (SSSR count). The minimum absolute atomic E-state index is 0. The van der Waals surface area contributed by atoms with Crippen molar-refractivity contribution in [3.8, 4) is 0 Å². The van der Waals surface area contributed by atoms with Crippen LogP contribution in [0.15, 0.2) is 21.3 Å². The molecule has 3 heterocycles. The Hall–Kier alpha value is 0.0500. The number of hydrogen-bond acceptors (Lipinski definition) is 7. The van der Waals surface area contributed by atoms with Gasteiger partial charge in [-0.25, -0.2) is 10.0 Å². The molecule has 0 saturated carbocycles. The van der Waals surface area contributed by atoms with Crippen LogP contribution >= 0.6 is 23.5 Å². The number of allylic oxidation sites excluding steroid dienone is 1. The third-order valence-corrected chi connectivity index (χ3v) is 4.12. The zero-order chi connectivity index (χ0) is 11.1. The average molecular weight is 278 g/mol. The molecule has 0 saturated heterocycles. The SMILES string of the molecule is CSC1=NC2=NC3=C(CSCC3=O)CN2N1.[NaH]. The molecule has 0 aromatic rings. The summed E-state index contributed by atoms with van der Waals surface area (Å²) in [6, 6.07) is 0. The molecular weight excluding hydrogens is 267 g/mol. The van der Waals surface area contributed by atoms with Crippen LogP contribution in [0.5, 0.6) is 0 Å². The third-order valence-electron chi connectivity index (χ3n) is 2.54. The van der Waals surface area contributed by atoms with Gasteiger partial charge in [-0.1, -0.05) is 11.8 Å². The van der Waals surface area contributed by atoms with Crippen LogP contribution in [-0.2, 0) is 4.79 Å². The monoisotopic (exact) mass is 278 g/mol. The first-order valence-corrected chi connectivity index (χ1v) is 7.24. The van der Waals surface area contributed by atoms with Gasteiger partial charge in [-0.2, -0.15) is 4.99 Å². The standard InChI is InChI=1S/C9H10N4OS2.Na.H/c1-15-9-11-8-10-7-5(2-13(8)12-9)3-16-4-6(7)14;;/h2-4H2,1H3,(H,10,11,12);;. The first-order chi connectivity index (χ1) is 7.78. The number of thioether (sulfide) groups is 2. The number of fused-ring (bicyclic) bond motifs is 1. The second-order valence-electron chi connectivity index (χ2n) is 3.60. The Bertz CT molecular complexity index is 460. The van der Waals surface area contributed by atoms with E-state index in [9.17, 15) is 4.79 Å². The van der Waals surface area contributed by atoms with E-state index in [-0.39, 0.29) is 35.3 Å². The van der Waals surface area contributed by atoms with E-state index in [0.717, 1.165) is 16.5 Å². The first kappa shape index (κ1) is 13.5. The molecule has 17 heavy (non-hydrogen) atoms. The Labute approximate surface area is 130 Å². The molecule has 86 valence electrons. The summed E-state index contributed by atoms with van der Waals surface area (Å²) in [6.07, 6.45) is 1.96. The summed E-state index contributed by atoms with van der Waals surface area (Å²) in [4.78, 5) is 20.3. The molecule has 0 aromatic heterocycles. The number of carbonyl (C=O) groups is 1. The van der Waals surface area contributed by atoms with Crippen molar-refractivity contribution >= 4 is 70.0 Å². The van der Waals surface area contributed by atoms with E-state index in [1.807, 2.05) is 11.3 Å². The van der Waals surface area contributed by atoms with Gasteiger partial charge in [-0.15, -0.1) is 11.8 Å². The fourth-order valence-electron chi connectivity index (χ4n) is 1.78. The van der Waals surface area contributed by atoms with Crippen LogP contribution in [0.1, 0.15) is 0 Å². The molecular formula is C9H11N4NaOS2. The number of rotatable bonds is 0. The fraction of sp³-hybridized carbons (Fsp3) is 0.444. The Morgan fingerprint density at radius 3 is 3.00 bits per heavy atom. The molecule has 0 spiro atoms. The van der Waals surface area contributed by atoms with Crippen LogP contribution in [0, 0.1) is 0 Å². The average Bonchev–Trinajstić information content (AvgIpc) is 2.69. The maximum absolute atomic E-state index is 11.7. The number of hydrogen-bond donors (Lipinski definition) is 1. The van der Waals surface area contributed by atoms with Gasteiger partial charge in [0, 0.05) is 5.75 Å². The number of guanidine groups is 1. The molecule has 3 aliphatic heterocycles. The van der Waals surface area contributed by atoms with Crippen molar-refractivity contribution in [2.24, 2.45) is 9.98 Å². The number of ketones is 1. The van der Waals surface area contributed by atoms with Crippen molar-refractivity contribution in [2.75, 3.05) is 24.3 Å². The molecule has 0 atom stereocenters. The molecule has 0 fully saturated rings. The summed E-state index contributed by atoms with van der Waals surface area (Å²) >= 11 is 3.20. The summed E-state index contributed by atoms with van der Waals surface area (Å²) in [5.41, 5.74) is 4.89. The third kappa shape index (κ3) is 2.44. The molecule has 0 aliphatic carbocycles. The van der Waals surface area contributed by atoms with Crippen LogP contribution < -0.4 is 5.43 Å². The van der Waals surface area contributed by atoms with E-state index >= 15 is 0 Å². The van der Waals surface area contributed by atoms with Gasteiger partial charge in [0.2, 0.25) is 5.96 Å². The van der Waals surface area contributed by atoms with Gasteiger partial charge in [0.05, 0.1) is 12.3 Å². The Morgan fingerprint density at radius 1 is 1.41 bits per heavy atom. The number of nitrogens with one attached hydrogen (secondary N) is 1. The normalized spacial score (nSPS) is 22.2. The van der Waals surface area contributed by atoms with Crippen molar-refractivity contribution in [3.63, 3.8) is 0 Å². The number of nitrogens with zero attached hydrogens (tertiary/aromatic N) is 3. The van der Waals surface area contributed by atoms with Gasteiger partial charge >= 0.3 is 29.6 Å². The van der Waals surface area contributed by atoms with Crippen molar-refractivity contribution in [2.45, 2.75) is 0 Å². The van der Waals surface area contributed by atoms with E-state index in [4.69, 9.17) is 0 Å². The van der Waals surface area contributed by atoms with Gasteiger partial charge in [0.15, 0.2) is 11.0 Å². The number of hydrazine groups is 1. The van der Waals surface area contributed by atoms with Gasteiger partial charge in [0.25, 0.3) is 0 Å². The van der Waals surface area contributed by atoms with Crippen LogP contribution in [-0.4, -0.2) is 75.8 Å². The topological polar surface area (TPSA) is 57.1 Å². The molecule has 0 aromatic carbocycles. The molecule has 0 amide bonds. The molecule has 0 bridgehead atoms. The fourth-order valence-corrected chi connectivity index (χ4v) is 3.06. The van der Waals surface area contributed by atoms with Crippen LogP contribution in [0.4, 0.5) is 0 Å². The van der Waals surface area contributed by atoms with Gasteiger partial charge < -0.3 is 0 Å². The predicted molar refractivity (Wildman–Crippen MR) is 74.7 cm³/mol. The quantitative estimate of drug-likeness (QED) is 0.623. The molecule has 3 aliphatic rings. The zero-order valence-electron chi connectivity index (χ0n) is 8.69. The van der Waals surface area contributed by atoms with Crippen molar-refractivity contribution in [1.29, 1.82) is 0 Å². The molecule has 5 nitrogen and oxygen atoms in total. The van der Waals surface area contributed by atoms with Crippen LogP contribution in [0.25, 0.3) is 0 Å². The summed E-state index contributed by atoms with van der Waals surface area (Å²) < 4.78 is 0. The van der Waals surface area contributed by atoms with Crippen LogP contribution in [0.3, 0.4) is 0 Å². The second-order valence-corrected chi connectivity index (χ2v) is 5.38. The van der Waals surface area contributed by atoms with Gasteiger partial charge in [-0.05, 0) is 11.8 Å². The zero-order valence-corrected chi connectivity index (χ0v) is 10.3. The number of aliphatic imine (C=N–C) groups is 2. The number of amidine groups is 1. The molecule has 0 unspecified atom stereocenters. The van der Waals surface area contributed by atoms with Gasteiger partial charge in [0.1, 0.15) is 5.70 Å². The number of carbonyl (C=O) groups excluding carboxylic acids is 1. The van der Waals surface area contributed by atoms with E-state index < -0.39 is 0 Å². The predicted octanol–water partition coefficient (Wildman–Crippen LogP) is -0.183. The molecule has 0 radical (unpaired) electrons. The second kappa shape index (κ2) is 5.36. The maximum atomic E-state index is 11.7. The van der Waals surface area contributed by atoms with Crippen molar-refractivity contribution < 1.29 is 4.79 Å².